The molecule has 3 aromatic rings. The number of ether oxygens (including phenoxy) is 2. The molecule has 8 nitrogen and oxygen atoms in total. The van der Waals surface area contributed by atoms with Gasteiger partial charge in [0.1, 0.15) is 16.8 Å². The summed E-state index contributed by atoms with van der Waals surface area (Å²) in [5.41, 5.74) is 4.34. The van der Waals surface area contributed by atoms with Gasteiger partial charge in [0.2, 0.25) is 10.0 Å². The number of sulfonamides is 1. The molecule has 0 saturated carbocycles. The normalized spacial score (nSPS) is 14.9. The Morgan fingerprint density at radius 2 is 2.11 bits per heavy atom. The summed E-state index contributed by atoms with van der Waals surface area (Å²) in [4.78, 5) is 16.9. The van der Waals surface area contributed by atoms with Crippen molar-refractivity contribution in [1.82, 2.24) is 9.71 Å². The van der Waals surface area contributed by atoms with Crippen molar-refractivity contribution in [3.05, 3.63) is 59.3 Å². The molecule has 4 rings (SSSR count). The van der Waals surface area contributed by atoms with Crippen LogP contribution in [0.25, 0.3) is 21.0 Å². The number of nitrogens with one attached hydrogen (secondary N) is 1. The van der Waals surface area contributed by atoms with Gasteiger partial charge in [0.25, 0.3) is 0 Å². The zero-order valence-electron chi connectivity index (χ0n) is 20.3. The van der Waals surface area contributed by atoms with Gasteiger partial charge in [-0.2, -0.15) is 5.26 Å². The van der Waals surface area contributed by atoms with E-state index in [4.69, 9.17) is 4.74 Å². The highest BCUT2D eigenvalue weighted by Gasteiger charge is 2.29. The first-order valence-electron chi connectivity index (χ1n) is 11.6. The number of hydrogen-bond donors (Lipinski definition) is 1. The molecule has 0 saturated heterocycles. The monoisotopic (exact) mass is 525 g/mol. The van der Waals surface area contributed by atoms with Gasteiger partial charge in [-0.05, 0) is 61.6 Å². The molecule has 2 aromatic carbocycles. The maximum absolute atomic E-state index is 12.5. The molecule has 10 heteroatoms. The van der Waals surface area contributed by atoms with Crippen LogP contribution in [0, 0.1) is 11.3 Å². The first-order chi connectivity index (χ1) is 17.2. The van der Waals surface area contributed by atoms with Crippen LogP contribution in [0.15, 0.2) is 42.6 Å². The largest absolute Gasteiger partial charge is 0.490 e. The Kier molecular flexibility index (Phi) is 7.73. The third kappa shape index (κ3) is 5.75. The number of nitrogens with zero attached hydrogens (tertiary/aromatic N) is 2. The quantitative estimate of drug-likeness (QED) is 0.405. The fourth-order valence-corrected chi connectivity index (χ4v) is 6.44. The summed E-state index contributed by atoms with van der Waals surface area (Å²) in [6, 6.07) is 13.2. The van der Waals surface area contributed by atoms with Crippen LogP contribution < -0.4 is 9.46 Å². The van der Waals surface area contributed by atoms with E-state index in [-0.39, 0.29) is 24.3 Å². The number of nitriles is 1. The third-order valence-electron chi connectivity index (χ3n) is 5.88. The molecule has 0 spiro atoms. The second kappa shape index (κ2) is 10.8. The van der Waals surface area contributed by atoms with Gasteiger partial charge in [0, 0.05) is 17.8 Å². The number of methoxy groups -OCH3 is 1. The van der Waals surface area contributed by atoms with Crippen molar-refractivity contribution >= 4 is 27.3 Å². The molecule has 0 amide bonds. The number of fused-ring (bicyclic) bond motifs is 1. The van der Waals surface area contributed by atoms with Gasteiger partial charge < -0.3 is 9.47 Å². The molecule has 188 valence electrons. The summed E-state index contributed by atoms with van der Waals surface area (Å²) in [6.07, 6.45) is 2.96. The number of esters is 1. The van der Waals surface area contributed by atoms with E-state index in [2.05, 4.69) is 20.5 Å². The Bertz CT molecular complexity index is 1420. The van der Waals surface area contributed by atoms with Crippen molar-refractivity contribution in [3.63, 3.8) is 0 Å². The topological polar surface area (TPSA) is 118 Å². The Morgan fingerprint density at radius 1 is 1.31 bits per heavy atom. The molecule has 1 aromatic heterocycles. The fourth-order valence-electron chi connectivity index (χ4n) is 4.24. The summed E-state index contributed by atoms with van der Waals surface area (Å²) in [5, 5.41) is 10.3. The van der Waals surface area contributed by atoms with Crippen molar-refractivity contribution in [1.29, 1.82) is 5.26 Å². The van der Waals surface area contributed by atoms with Gasteiger partial charge in [0.05, 0.1) is 35.8 Å². The van der Waals surface area contributed by atoms with Crippen molar-refractivity contribution in [2.45, 2.75) is 45.3 Å². The summed E-state index contributed by atoms with van der Waals surface area (Å²) in [5.74, 6) is -0.316. The molecule has 0 aliphatic heterocycles. The Morgan fingerprint density at radius 3 is 2.83 bits per heavy atom. The number of hydrogen-bond acceptors (Lipinski definition) is 8. The van der Waals surface area contributed by atoms with Gasteiger partial charge in [0.15, 0.2) is 0 Å². The smallest absolute Gasteiger partial charge is 0.306 e. The minimum absolute atomic E-state index is 0.0317. The van der Waals surface area contributed by atoms with E-state index < -0.39 is 16.0 Å². The summed E-state index contributed by atoms with van der Waals surface area (Å²) in [6.45, 7) is 3.83. The molecule has 1 aliphatic rings. The highest BCUT2D eigenvalue weighted by molar-refractivity contribution is 7.89. The highest BCUT2D eigenvalue weighted by atomic mass is 32.2. The Labute approximate surface area is 215 Å². The van der Waals surface area contributed by atoms with Crippen LogP contribution in [-0.4, -0.2) is 38.3 Å². The summed E-state index contributed by atoms with van der Waals surface area (Å²) in [7, 11) is -2.40. The number of carbonyl (C=O) groups is 1. The van der Waals surface area contributed by atoms with Crippen LogP contribution >= 0.6 is 11.3 Å². The van der Waals surface area contributed by atoms with Gasteiger partial charge in [-0.1, -0.05) is 18.2 Å². The Balaban J connectivity index is 1.56. The molecule has 1 N–H and O–H groups in total. The van der Waals surface area contributed by atoms with Crippen molar-refractivity contribution in [2.75, 3.05) is 12.9 Å². The van der Waals surface area contributed by atoms with E-state index in [0.29, 0.717) is 17.7 Å². The predicted molar refractivity (Wildman–Crippen MR) is 138 cm³/mol. The summed E-state index contributed by atoms with van der Waals surface area (Å²) >= 11 is 1.52. The van der Waals surface area contributed by atoms with E-state index in [1.54, 1.807) is 12.1 Å². The first kappa shape index (κ1) is 25.8. The van der Waals surface area contributed by atoms with Crippen molar-refractivity contribution in [3.8, 4) is 32.8 Å². The maximum atomic E-state index is 12.5. The van der Waals surface area contributed by atoms with E-state index in [9.17, 15) is 18.5 Å². The van der Waals surface area contributed by atoms with Crippen LogP contribution in [0.3, 0.4) is 0 Å². The lowest BCUT2D eigenvalue weighted by Gasteiger charge is -2.15. The second-order valence-electron chi connectivity index (χ2n) is 8.75. The van der Waals surface area contributed by atoms with Crippen molar-refractivity contribution < 1.29 is 22.7 Å². The lowest BCUT2D eigenvalue weighted by Crippen LogP contribution is -2.30. The number of benzene rings is 2. The molecular formula is C26H27N3O5S2. The maximum Gasteiger partial charge on any atom is 0.306 e. The number of carbonyl (C=O) groups excluding carboxylic acids is 1. The number of aromatic nitrogens is 1. The van der Waals surface area contributed by atoms with E-state index in [1.807, 2.05) is 44.3 Å². The van der Waals surface area contributed by atoms with Gasteiger partial charge in [-0.25, -0.2) is 18.1 Å². The lowest BCUT2D eigenvalue weighted by molar-refractivity contribution is -0.140. The van der Waals surface area contributed by atoms with Crippen LogP contribution in [0.5, 0.6) is 5.75 Å². The molecule has 1 heterocycles. The zero-order valence-corrected chi connectivity index (χ0v) is 21.9. The summed E-state index contributed by atoms with van der Waals surface area (Å²) < 4.78 is 38.0. The van der Waals surface area contributed by atoms with Gasteiger partial charge >= 0.3 is 5.97 Å². The first-order valence-corrected chi connectivity index (χ1v) is 14.0. The zero-order chi connectivity index (χ0) is 25.9. The van der Waals surface area contributed by atoms with Gasteiger partial charge in [-0.3, -0.25) is 4.79 Å². The molecule has 0 radical (unpaired) electrons. The molecule has 1 aliphatic carbocycles. The van der Waals surface area contributed by atoms with Crippen LogP contribution in [0.4, 0.5) is 0 Å². The Hall–Kier alpha value is -3.26. The third-order valence-corrected chi connectivity index (χ3v) is 8.34. The standard InChI is InChI=1S/C26H27N3O5S2/c1-16(2)34-23-10-7-17(13-18(23)14-27)26-28-15-24(35-26)21-6-4-5-20-19(21)8-9-22(20)29-36(31,32)12-11-25(30)33-3/h4-7,10,13,15-16,22,29H,8-9,11-12H2,1-3H3/t22-/m0/s1. The highest BCUT2D eigenvalue weighted by Crippen LogP contribution is 2.41. The minimum Gasteiger partial charge on any atom is -0.490 e. The van der Waals surface area contributed by atoms with E-state index in [0.717, 1.165) is 38.6 Å². The molecule has 0 bridgehead atoms. The molecule has 0 fully saturated rings. The van der Waals surface area contributed by atoms with Crippen LogP contribution in [0.2, 0.25) is 0 Å². The molecule has 36 heavy (non-hydrogen) atoms. The van der Waals surface area contributed by atoms with E-state index in [1.165, 1.54) is 18.4 Å². The lowest BCUT2D eigenvalue weighted by atomic mass is 10.0. The van der Waals surface area contributed by atoms with Crippen molar-refractivity contribution in [2.24, 2.45) is 0 Å². The average molecular weight is 526 g/mol. The van der Waals surface area contributed by atoms with E-state index >= 15 is 0 Å². The second-order valence-corrected chi connectivity index (χ2v) is 11.7. The average Bonchev–Trinajstić information content (AvgIpc) is 3.50. The number of rotatable bonds is 9. The molecular weight excluding hydrogens is 498 g/mol. The van der Waals surface area contributed by atoms with Crippen LogP contribution in [-0.2, 0) is 26.0 Å². The molecule has 0 unspecified atom stereocenters. The molecule has 1 atom stereocenters. The number of thiazole rings is 1. The van der Waals surface area contributed by atoms with Gasteiger partial charge in [-0.15, -0.1) is 11.3 Å². The minimum atomic E-state index is -3.64. The fraction of sp³-hybridized carbons (Fsp3) is 0.346. The van der Waals surface area contributed by atoms with Crippen LogP contribution in [0.1, 0.15) is 49.4 Å². The SMILES string of the molecule is COC(=O)CCS(=O)(=O)N[C@H]1CCc2c(-c3cnc(-c4ccc(OC(C)C)c(C#N)c4)s3)cccc21. The predicted octanol–water partition coefficient (Wildman–Crippen LogP) is 4.61.